The molecule has 3 heteroatoms. The van der Waals surface area contributed by atoms with Gasteiger partial charge in [-0.1, -0.05) is 25.5 Å². The van der Waals surface area contributed by atoms with Crippen LogP contribution in [0, 0.1) is 0 Å². The zero-order chi connectivity index (χ0) is 13.0. The average Bonchev–Trinajstić information content (AvgIpc) is 2.81. The van der Waals surface area contributed by atoms with Crippen LogP contribution in [0.4, 0.5) is 0 Å². The highest BCUT2D eigenvalue weighted by atomic mass is 16.5. The molecule has 1 aromatic rings. The van der Waals surface area contributed by atoms with E-state index in [1.165, 1.54) is 24.0 Å². The summed E-state index contributed by atoms with van der Waals surface area (Å²) in [5.41, 5.74) is 8.65. The molecule has 1 aromatic carbocycles. The summed E-state index contributed by atoms with van der Waals surface area (Å²) in [5.74, 6) is 0.985. The molecule has 0 aromatic heterocycles. The van der Waals surface area contributed by atoms with Gasteiger partial charge in [-0.25, -0.2) is 0 Å². The molecule has 0 aliphatic heterocycles. The van der Waals surface area contributed by atoms with Crippen molar-refractivity contribution >= 4 is 0 Å². The van der Waals surface area contributed by atoms with Gasteiger partial charge in [0.15, 0.2) is 0 Å². The van der Waals surface area contributed by atoms with Crippen LogP contribution in [0.25, 0.3) is 0 Å². The Morgan fingerprint density at radius 2 is 2.22 bits per heavy atom. The van der Waals surface area contributed by atoms with E-state index in [0.717, 1.165) is 25.1 Å². The van der Waals surface area contributed by atoms with Crippen molar-refractivity contribution in [2.75, 3.05) is 7.11 Å². The van der Waals surface area contributed by atoms with Crippen molar-refractivity contribution in [1.29, 1.82) is 0 Å². The van der Waals surface area contributed by atoms with Crippen molar-refractivity contribution in [3.05, 3.63) is 29.3 Å². The number of ether oxygens (including phenoxy) is 1. The summed E-state index contributed by atoms with van der Waals surface area (Å²) in [5, 5.41) is 3.57. The highest BCUT2D eigenvalue weighted by molar-refractivity contribution is 5.37. The number of aryl methyl sites for hydroxylation is 1. The summed E-state index contributed by atoms with van der Waals surface area (Å²) in [6, 6.07) is 7.23. The standard InChI is InChI=1S/C15H24N2O/c1-3-12-9-11(7-8-15(12)18-2)10-17-14-6-4-5-13(14)16/h7-9,13-14,17H,3-6,10,16H2,1-2H3. The Morgan fingerprint density at radius 1 is 1.39 bits per heavy atom. The smallest absolute Gasteiger partial charge is 0.122 e. The maximum absolute atomic E-state index is 6.06. The normalized spacial score (nSPS) is 23.3. The van der Waals surface area contributed by atoms with Gasteiger partial charge in [0, 0.05) is 18.6 Å². The molecule has 0 bridgehead atoms. The van der Waals surface area contributed by atoms with Gasteiger partial charge in [-0.2, -0.15) is 0 Å². The molecule has 1 aliphatic carbocycles. The minimum Gasteiger partial charge on any atom is -0.496 e. The van der Waals surface area contributed by atoms with Gasteiger partial charge < -0.3 is 15.8 Å². The summed E-state index contributed by atoms with van der Waals surface area (Å²) < 4.78 is 5.35. The number of hydrogen-bond donors (Lipinski definition) is 2. The topological polar surface area (TPSA) is 47.3 Å². The van der Waals surface area contributed by atoms with Crippen molar-refractivity contribution in [2.45, 2.75) is 51.2 Å². The zero-order valence-corrected chi connectivity index (χ0v) is 11.4. The molecule has 3 nitrogen and oxygen atoms in total. The van der Waals surface area contributed by atoms with E-state index in [2.05, 4.69) is 30.4 Å². The fourth-order valence-electron chi connectivity index (χ4n) is 2.71. The van der Waals surface area contributed by atoms with Gasteiger partial charge in [-0.05, 0) is 36.5 Å². The minimum absolute atomic E-state index is 0.328. The lowest BCUT2D eigenvalue weighted by atomic mass is 10.1. The number of rotatable bonds is 5. The van der Waals surface area contributed by atoms with Crippen LogP contribution in [-0.2, 0) is 13.0 Å². The largest absolute Gasteiger partial charge is 0.496 e. The third-order valence-corrected chi connectivity index (χ3v) is 3.86. The summed E-state index contributed by atoms with van der Waals surface area (Å²) in [4.78, 5) is 0. The molecule has 18 heavy (non-hydrogen) atoms. The molecule has 0 radical (unpaired) electrons. The maximum Gasteiger partial charge on any atom is 0.122 e. The van der Waals surface area contributed by atoms with Gasteiger partial charge in [0.05, 0.1) is 7.11 Å². The summed E-state index contributed by atoms with van der Waals surface area (Å²) in [6.07, 6.45) is 4.61. The third kappa shape index (κ3) is 3.03. The van der Waals surface area contributed by atoms with E-state index in [1.807, 2.05) is 0 Å². The van der Waals surface area contributed by atoms with Gasteiger partial charge in [0.2, 0.25) is 0 Å². The first-order valence-corrected chi connectivity index (χ1v) is 6.89. The van der Waals surface area contributed by atoms with Crippen LogP contribution in [0.1, 0.15) is 37.3 Å². The Hall–Kier alpha value is -1.06. The molecule has 0 saturated heterocycles. The van der Waals surface area contributed by atoms with E-state index in [-0.39, 0.29) is 0 Å². The molecule has 1 saturated carbocycles. The van der Waals surface area contributed by atoms with Crippen molar-refractivity contribution < 1.29 is 4.74 Å². The van der Waals surface area contributed by atoms with Crippen LogP contribution in [-0.4, -0.2) is 19.2 Å². The number of nitrogens with two attached hydrogens (primary N) is 1. The Labute approximate surface area is 110 Å². The lowest BCUT2D eigenvalue weighted by Crippen LogP contribution is -2.40. The second kappa shape index (κ2) is 6.21. The molecule has 2 unspecified atom stereocenters. The highest BCUT2D eigenvalue weighted by Crippen LogP contribution is 2.21. The van der Waals surface area contributed by atoms with E-state index < -0.39 is 0 Å². The van der Waals surface area contributed by atoms with Gasteiger partial charge in [-0.15, -0.1) is 0 Å². The average molecular weight is 248 g/mol. The predicted molar refractivity (Wildman–Crippen MR) is 74.8 cm³/mol. The predicted octanol–water partition coefficient (Wildman–Crippen LogP) is 2.23. The zero-order valence-electron chi connectivity index (χ0n) is 11.4. The fourth-order valence-corrected chi connectivity index (χ4v) is 2.71. The van der Waals surface area contributed by atoms with Gasteiger partial charge >= 0.3 is 0 Å². The lowest BCUT2D eigenvalue weighted by molar-refractivity contribution is 0.409. The molecule has 0 spiro atoms. The molecule has 1 aliphatic rings. The number of methoxy groups -OCH3 is 1. The second-order valence-electron chi connectivity index (χ2n) is 5.08. The molecule has 3 N–H and O–H groups in total. The van der Waals surface area contributed by atoms with Crippen molar-refractivity contribution in [2.24, 2.45) is 5.73 Å². The summed E-state index contributed by atoms with van der Waals surface area (Å²) in [6.45, 7) is 3.05. The lowest BCUT2D eigenvalue weighted by Gasteiger charge is -2.18. The first-order valence-electron chi connectivity index (χ1n) is 6.89. The van der Waals surface area contributed by atoms with E-state index in [1.54, 1.807) is 7.11 Å². The van der Waals surface area contributed by atoms with Crippen LogP contribution >= 0.6 is 0 Å². The SMILES string of the molecule is CCc1cc(CNC2CCCC2N)ccc1OC. The van der Waals surface area contributed by atoms with Crippen molar-refractivity contribution in [1.82, 2.24) is 5.32 Å². The van der Waals surface area contributed by atoms with Gasteiger partial charge in [0.25, 0.3) is 0 Å². The van der Waals surface area contributed by atoms with Crippen molar-refractivity contribution in [3.63, 3.8) is 0 Å². The van der Waals surface area contributed by atoms with Crippen LogP contribution in [0.2, 0.25) is 0 Å². The number of hydrogen-bond acceptors (Lipinski definition) is 3. The van der Waals surface area contributed by atoms with Crippen LogP contribution in [0.3, 0.4) is 0 Å². The molecular weight excluding hydrogens is 224 g/mol. The van der Waals surface area contributed by atoms with E-state index >= 15 is 0 Å². The van der Waals surface area contributed by atoms with E-state index in [0.29, 0.717) is 12.1 Å². The quantitative estimate of drug-likeness (QED) is 0.840. The third-order valence-electron chi connectivity index (χ3n) is 3.86. The monoisotopic (exact) mass is 248 g/mol. The fraction of sp³-hybridized carbons (Fsp3) is 0.600. The Bertz CT molecular complexity index is 392. The first-order chi connectivity index (χ1) is 8.74. The molecule has 100 valence electrons. The Balaban J connectivity index is 1.97. The molecule has 2 atom stereocenters. The highest BCUT2D eigenvalue weighted by Gasteiger charge is 2.22. The maximum atomic E-state index is 6.06. The van der Waals surface area contributed by atoms with E-state index in [4.69, 9.17) is 10.5 Å². The van der Waals surface area contributed by atoms with Crippen LogP contribution < -0.4 is 15.8 Å². The van der Waals surface area contributed by atoms with Crippen LogP contribution in [0.5, 0.6) is 5.75 Å². The molecule has 0 amide bonds. The van der Waals surface area contributed by atoms with Gasteiger partial charge in [0.1, 0.15) is 5.75 Å². The van der Waals surface area contributed by atoms with E-state index in [9.17, 15) is 0 Å². The van der Waals surface area contributed by atoms with Gasteiger partial charge in [-0.3, -0.25) is 0 Å². The Morgan fingerprint density at radius 3 is 2.83 bits per heavy atom. The molecule has 0 heterocycles. The van der Waals surface area contributed by atoms with Crippen LogP contribution in [0.15, 0.2) is 18.2 Å². The number of nitrogens with one attached hydrogen (secondary N) is 1. The number of benzene rings is 1. The first kappa shape index (κ1) is 13.4. The minimum atomic E-state index is 0.328. The summed E-state index contributed by atoms with van der Waals surface area (Å²) >= 11 is 0. The molecular formula is C15H24N2O. The summed E-state index contributed by atoms with van der Waals surface area (Å²) in [7, 11) is 1.73. The molecule has 1 fully saturated rings. The molecule has 2 rings (SSSR count). The Kier molecular flexibility index (Phi) is 4.61. The second-order valence-corrected chi connectivity index (χ2v) is 5.08. The van der Waals surface area contributed by atoms with Crippen molar-refractivity contribution in [3.8, 4) is 5.75 Å².